The van der Waals surface area contributed by atoms with Crippen molar-refractivity contribution in [2.24, 2.45) is 11.7 Å². The number of hydrogen-bond donors (Lipinski definition) is 1. The van der Waals surface area contributed by atoms with E-state index in [4.69, 9.17) is 5.73 Å². The minimum absolute atomic E-state index is 0.225. The van der Waals surface area contributed by atoms with Crippen LogP contribution in [0.2, 0.25) is 0 Å². The highest BCUT2D eigenvalue weighted by Gasteiger charge is 2.12. The Balaban J connectivity index is 2.09. The van der Waals surface area contributed by atoms with Gasteiger partial charge in [0.1, 0.15) is 5.82 Å². The zero-order valence-electron chi connectivity index (χ0n) is 11.0. The van der Waals surface area contributed by atoms with Gasteiger partial charge in [-0.3, -0.25) is 0 Å². The molecule has 0 spiro atoms. The van der Waals surface area contributed by atoms with E-state index in [-0.39, 0.29) is 5.82 Å². The molecule has 106 valence electrons. The summed E-state index contributed by atoms with van der Waals surface area (Å²) in [5.41, 5.74) is 8.24. The molecular formula is C16H16Br2FN. The Kier molecular flexibility index (Phi) is 5.75. The first-order valence-electron chi connectivity index (χ1n) is 6.47. The normalized spacial score (nSPS) is 12.4. The molecule has 20 heavy (non-hydrogen) atoms. The molecule has 0 aliphatic rings. The zero-order valence-corrected chi connectivity index (χ0v) is 14.1. The van der Waals surface area contributed by atoms with Crippen LogP contribution in [0.3, 0.4) is 0 Å². The van der Waals surface area contributed by atoms with Crippen molar-refractivity contribution in [2.45, 2.75) is 12.8 Å². The third-order valence-electron chi connectivity index (χ3n) is 3.27. The molecular weight excluding hydrogens is 385 g/mol. The second kappa shape index (κ2) is 7.34. The lowest BCUT2D eigenvalue weighted by atomic mass is 9.93. The molecule has 0 amide bonds. The highest BCUT2D eigenvalue weighted by Crippen LogP contribution is 2.23. The van der Waals surface area contributed by atoms with Crippen molar-refractivity contribution in [3.63, 3.8) is 0 Å². The van der Waals surface area contributed by atoms with Crippen molar-refractivity contribution in [1.29, 1.82) is 0 Å². The number of rotatable bonds is 5. The van der Waals surface area contributed by atoms with Crippen LogP contribution in [-0.4, -0.2) is 6.54 Å². The maximum absolute atomic E-state index is 13.1. The summed E-state index contributed by atoms with van der Waals surface area (Å²) in [5.74, 6) is 0.114. The van der Waals surface area contributed by atoms with Gasteiger partial charge in [0.2, 0.25) is 0 Å². The average Bonchev–Trinajstić information content (AvgIpc) is 2.41. The summed E-state index contributed by atoms with van der Waals surface area (Å²) in [5, 5.41) is 0. The van der Waals surface area contributed by atoms with Gasteiger partial charge >= 0.3 is 0 Å². The predicted molar refractivity (Wildman–Crippen MR) is 88.2 cm³/mol. The van der Waals surface area contributed by atoms with Crippen molar-refractivity contribution in [1.82, 2.24) is 0 Å². The van der Waals surface area contributed by atoms with Gasteiger partial charge in [-0.15, -0.1) is 0 Å². The third kappa shape index (κ3) is 4.40. The summed E-state index contributed by atoms with van der Waals surface area (Å²) in [6.45, 7) is 0.607. The Bertz CT molecular complexity index is 586. The fourth-order valence-corrected chi connectivity index (χ4v) is 3.19. The topological polar surface area (TPSA) is 26.0 Å². The minimum atomic E-state index is -0.225. The summed E-state index contributed by atoms with van der Waals surface area (Å²) in [4.78, 5) is 0. The molecule has 2 N–H and O–H groups in total. The van der Waals surface area contributed by atoms with Crippen molar-refractivity contribution in [3.05, 3.63) is 68.4 Å². The molecule has 1 atom stereocenters. The van der Waals surface area contributed by atoms with Crippen molar-refractivity contribution in [2.75, 3.05) is 6.54 Å². The molecule has 0 aliphatic carbocycles. The SMILES string of the molecule is NCC(Cc1cccc(Br)c1)Cc1ccc(F)cc1Br. The highest BCUT2D eigenvalue weighted by atomic mass is 79.9. The molecule has 0 bridgehead atoms. The second-order valence-electron chi connectivity index (χ2n) is 4.88. The molecule has 0 saturated carbocycles. The van der Waals surface area contributed by atoms with Crippen molar-refractivity contribution in [3.8, 4) is 0 Å². The Hall–Kier alpha value is -0.710. The molecule has 2 aromatic carbocycles. The molecule has 0 aliphatic heterocycles. The Morgan fingerprint density at radius 2 is 1.85 bits per heavy atom. The lowest BCUT2D eigenvalue weighted by molar-refractivity contribution is 0.531. The first-order chi connectivity index (χ1) is 9.58. The number of benzene rings is 2. The Morgan fingerprint density at radius 3 is 2.50 bits per heavy atom. The van der Waals surface area contributed by atoms with Gasteiger partial charge < -0.3 is 5.73 Å². The van der Waals surface area contributed by atoms with E-state index in [1.54, 1.807) is 0 Å². The van der Waals surface area contributed by atoms with E-state index in [9.17, 15) is 4.39 Å². The lowest BCUT2D eigenvalue weighted by Crippen LogP contribution is -2.19. The van der Waals surface area contributed by atoms with Gasteiger partial charge in [0.05, 0.1) is 0 Å². The smallest absolute Gasteiger partial charge is 0.124 e. The van der Waals surface area contributed by atoms with Gasteiger partial charge in [0.25, 0.3) is 0 Å². The van der Waals surface area contributed by atoms with Gasteiger partial charge in [-0.25, -0.2) is 4.39 Å². The Morgan fingerprint density at radius 1 is 1.05 bits per heavy atom. The number of hydrogen-bond acceptors (Lipinski definition) is 1. The van der Waals surface area contributed by atoms with Crippen LogP contribution in [0.5, 0.6) is 0 Å². The van der Waals surface area contributed by atoms with Crippen LogP contribution < -0.4 is 5.73 Å². The lowest BCUT2D eigenvalue weighted by Gasteiger charge is -2.16. The maximum atomic E-state index is 13.1. The first-order valence-corrected chi connectivity index (χ1v) is 8.05. The Labute approximate surface area is 135 Å². The molecule has 1 unspecified atom stereocenters. The van der Waals surface area contributed by atoms with E-state index >= 15 is 0 Å². The van der Waals surface area contributed by atoms with Gasteiger partial charge in [0.15, 0.2) is 0 Å². The van der Waals surface area contributed by atoms with E-state index in [1.807, 2.05) is 18.2 Å². The minimum Gasteiger partial charge on any atom is -0.330 e. The summed E-state index contributed by atoms with van der Waals surface area (Å²) >= 11 is 6.89. The van der Waals surface area contributed by atoms with Crippen molar-refractivity contribution >= 4 is 31.9 Å². The molecule has 0 radical (unpaired) electrons. The van der Waals surface area contributed by atoms with Crippen LogP contribution in [-0.2, 0) is 12.8 Å². The monoisotopic (exact) mass is 399 g/mol. The van der Waals surface area contributed by atoms with E-state index in [0.29, 0.717) is 12.5 Å². The van der Waals surface area contributed by atoms with Crippen LogP contribution in [0.1, 0.15) is 11.1 Å². The van der Waals surface area contributed by atoms with E-state index < -0.39 is 0 Å². The average molecular weight is 401 g/mol. The second-order valence-corrected chi connectivity index (χ2v) is 6.65. The highest BCUT2D eigenvalue weighted by molar-refractivity contribution is 9.10. The molecule has 0 fully saturated rings. The molecule has 0 heterocycles. The standard InChI is InChI=1S/C16H16Br2FN/c17-14-3-1-2-11(8-14)6-12(10-20)7-13-4-5-15(19)9-16(13)18/h1-5,8-9,12H,6-7,10,20H2. The van der Waals surface area contributed by atoms with Crippen LogP contribution in [0.4, 0.5) is 4.39 Å². The molecule has 2 aromatic rings. The van der Waals surface area contributed by atoms with Gasteiger partial charge in [-0.2, -0.15) is 0 Å². The van der Waals surface area contributed by atoms with E-state index in [2.05, 4.69) is 44.0 Å². The maximum Gasteiger partial charge on any atom is 0.124 e. The third-order valence-corrected chi connectivity index (χ3v) is 4.50. The van der Waals surface area contributed by atoms with E-state index in [1.165, 1.54) is 17.7 Å². The fraction of sp³-hybridized carbons (Fsp3) is 0.250. The molecule has 0 aromatic heterocycles. The zero-order chi connectivity index (χ0) is 14.5. The van der Waals surface area contributed by atoms with Gasteiger partial charge in [0, 0.05) is 8.95 Å². The first kappa shape index (κ1) is 15.7. The van der Waals surface area contributed by atoms with Crippen LogP contribution in [0.15, 0.2) is 51.4 Å². The summed E-state index contributed by atoms with van der Waals surface area (Å²) in [7, 11) is 0. The summed E-state index contributed by atoms with van der Waals surface area (Å²) in [6.07, 6.45) is 1.75. The molecule has 2 rings (SSSR count). The van der Waals surface area contributed by atoms with Crippen LogP contribution in [0.25, 0.3) is 0 Å². The molecule has 1 nitrogen and oxygen atoms in total. The van der Waals surface area contributed by atoms with Crippen molar-refractivity contribution < 1.29 is 4.39 Å². The largest absolute Gasteiger partial charge is 0.330 e. The molecule has 4 heteroatoms. The van der Waals surface area contributed by atoms with Crippen LogP contribution in [0, 0.1) is 11.7 Å². The van der Waals surface area contributed by atoms with Gasteiger partial charge in [-0.05, 0) is 60.7 Å². The van der Waals surface area contributed by atoms with Crippen LogP contribution >= 0.6 is 31.9 Å². The molecule has 0 saturated heterocycles. The summed E-state index contributed by atoms with van der Waals surface area (Å²) in [6, 6.07) is 13.1. The quantitative estimate of drug-likeness (QED) is 0.772. The predicted octanol–water partition coefficient (Wildman–Crippen LogP) is 4.71. The number of nitrogens with two attached hydrogens (primary N) is 1. The van der Waals surface area contributed by atoms with E-state index in [0.717, 1.165) is 27.4 Å². The summed E-state index contributed by atoms with van der Waals surface area (Å²) < 4.78 is 15.0. The number of halogens is 3. The van der Waals surface area contributed by atoms with Gasteiger partial charge in [-0.1, -0.05) is 50.1 Å². The fourth-order valence-electron chi connectivity index (χ4n) is 2.23.